The molecule has 1 aromatic carbocycles. The molecule has 2 heterocycles. The van der Waals surface area contributed by atoms with Crippen molar-refractivity contribution in [2.75, 3.05) is 42.6 Å². The van der Waals surface area contributed by atoms with Crippen molar-refractivity contribution in [1.82, 2.24) is 4.90 Å². The molecule has 0 aromatic heterocycles. The normalized spacial score (nSPS) is 22.1. The lowest BCUT2D eigenvalue weighted by molar-refractivity contribution is -0.136. The second-order valence-electron chi connectivity index (χ2n) is 6.58. The number of aryl methyl sites for hydroxylation is 1. The summed E-state index contributed by atoms with van der Waals surface area (Å²) >= 11 is 0. The van der Waals surface area contributed by atoms with Gasteiger partial charge in [-0.15, -0.1) is 0 Å². The van der Waals surface area contributed by atoms with Crippen molar-refractivity contribution in [3.05, 3.63) is 29.8 Å². The molecule has 23 heavy (non-hydrogen) atoms. The summed E-state index contributed by atoms with van der Waals surface area (Å²) in [6.45, 7) is 5.19. The first kappa shape index (κ1) is 16.3. The maximum atomic E-state index is 12.6. The van der Waals surface area contributed by atoms with Crippen LogP contribution in [0.4, 0.5) is 5.69 Å². The van der Waals surface area contributed by atoms with Crippen molar-refractivity contribution in [3.8, 4) is 0 Å². The third-order valence-corrected chi connectivity index (χ3v) is 6.58. The molecule has 1 amide bonds. The zero-order valence-corrected chi connectivity index (χ0v) is 14.4. The minimum Gasteiger partial charge on any atom is -0.368 e. The van der Waals surface area contributed by atoms with Crippen molar-refractivity contribution >= 4 is 21.4 Å². The van der Waals surface area contributed by atoms with E-state index in [2.05, 4.69) is 36.1 Å². The fourth-order valence-corrected chi connectivity index (χ4v) is 4.90. The van der Waals surface area contributed by atoms with E-state index in [1.165, 1.54) is 11.3 Å². The van der Waals surface area contributed by atoms with E-state index < -0.39 is 9.84 Å². The molecule has 0 saturated carbocycles. The highest BCUT2D eigenvalue weighted by atomic mass is 32.2. The summed E-state index contributed by atoms with van der Waals surface area (Å²) in [5.41, 5.74) is 2.45. The Kier molecular flexibility index (Phi) is 4.62. The van der Waals surface area contributed by atoms with Crippen molar-refractivity contribution in [1.29, 1.82) is 0 Å². The summed E-state index contributed by atoms with van der Waals surface area (Å²) in [5, 5.41) is 0. The topological polar surface area (TPSA) is 57.7 Å². The Labute approximate surface area is 138 Å². The SMILES string of the molecule is Cc1cccc(N2CCN(C(=O)C3CCS(=O)(=O)CC3)CC2)c1. The van der Waals surface area contributed by atoms with Crippen LogP contribution in [-0.2, 0) is 14.6 Å². The molecular formula is C17H24N2O3S. The van der Waals surface area contributed by atoms with Crippen LogP contribution in [0.5, 0.6) is 0 Å². The first-order chi connectivity index (χ1) is 10.9. The van der Waals surface area contributed by atoms with E-state index in [1.54, 1.807) is 0 Å². The number of piperazine rings is 1. The van der Waals surface area contributed by atoms with Crippen molar-refractivity contribution < 1.29 is 13.2 Å². The van der Waals surface area contributed by atoms with E-state index in [1.807, 2.05) is 4.90 Å². The molecule has 5 nitrogen and oxygen atoms in total. The van der Waals surface area contributed by atoms with Crippen molar-refractivity contribution in [2.24, 2.45) is 5.92 Å². The van der Waals surface area contributed by atoms with E-state index in [0.29, 0.717) is 12.8 Å². The van der Waals surface area contributed by atoms with Gasteiger partial charge in [0, 0.05) is 37.8 Å². The second kappa shape index (κ2) is 6.51. The average molecular weight is 336 g/mol. The summed E-state index contributed by atoms with van der Waals surface area (Å²) in [6, 6.07) is 8.42. The van der Waals surface area contributed by atoms with Gasteiger partial charge in [-0.1, -0.05) is 12.1 Å². The minimum absolute atomic E-state index is 0.107. The Morgan fingerprint density at radius 2 is 1.74 bits per heavy atom. The van der Waals surface area contributed by atoms with Crippen molar-refractivity contribution in [3.63, 3.8) is 0 Å². The fraction of sp³-hybridized carbons (Fsp3) is 0.588. The predicted octanol–water partition coefficient (Wildman–Crippen LogP) is 1.47. The smallest absolute Gasteiger partial charge is 0.225 e. The molecule has 2 aliphatic heterocycles. The van der Waals surface area contributed by atoms with Crippen LogP contribution < -0.4 is 4.90 Å². The van der Waals surface area contributed by atoms with Gasteiger partial charge in [0.05, 0.1) is 11.5 Å². The molecule has 126 valence electrons. The summed E-state index contributed by atoms with van der Waals surface area (Å²) in [6.07, 6.45) is 0.971. The number of sulfone groups is 1. The maximum Gasteiger partial charge on any atom is 0.225 e. The number of hydrogen-bond acceptors (Lipinski definition) is 4. The minimum atomic E-state index is -2.91. The lowest BCUT2D eigenvalue weighted by Gasteiger charge is -2.38. The lowest BCUT2D eigenvalue weighted by atomic mass is 10.0. The maximum absolute atomic E-state index is 12.6. The van der Waals surface area contributed by atoms with Crippen molar-refractivity contribution in [2.45, 2.75) is 19.8 Å². The predicted molar refractivity (Wildman–Crippen MR) is 91.3 cm³/mol. The van der Waals surface area contributed by atoms with Crippen LogP contribution in [0.1, 0.15) is 18.4 Å². The number of amides is 1. The number of nitrogens with zero attached hydrogens (tertiary/aromatic N) is 2. The summed E-state index contributed by atoms with van der Waals surface area (Å²) in [7, 11) is -2.91. The lowest BCUT2D eigenvalue weighted by Crippen LogP contribution is -2.51. The summed E-state index contributed by atoms with van der Waals surface area (Å²) in [4.78, 5) is 16.8. The second-order valence-corrected chi connectivity index (χ2v) is 8.88. The van der Waals surface area contributed by atoms with E-state index in [9.17, 15) is 13.2 Å². The van der Waals surface area contributed by atoms with Crippen LogP contribution in [0, 0.1) is 12.8 Å². The van der Waals surface area contributed by atoms with E-state index in [0.717, 1.165) is 26.2 Å². The average Bonchev–Trinajstić information content (AvgIpc) is 2.54. The van der Waals surface area contributed by atoms with Crippen LogP contribution in [0.3, 0.4) is 0 Å². The van der Waals surface area contributed by atoms with Gasteiger partial charge in [0.2, 0.25) is 5.91 Å². The molecule has 0 N–H and O–H groups in total. The van der Waals surface area contributed by atoms with E-state index >= 15 is 0 Å². The first-order valence-electron chi connectivity index (χ1n) is 8.25. The van der Waals surface area contributed by atoms with Crippen LogP contribution in [-0.4, -0.2) is 56.9 Å². The van der Waals surface area contributed by atoms with Gasteiger partial charge in [-0.3, -0.25) is 4.79 Å². The first-order valence-corrected chi connectivity index (χ1v) is 10.1. The van der Waals surface area contributed by atoms with Crippen LogP contribution >= 0.6 is 0 Å². The quantitative estimate of drug-likeness (QED) is 0.821. The Balaban J connectivity index is 1.55. The molecule has 0 atom stereocenters. The molecule has 2 saturated heterocycles. The highest BCUT2D eigenvalue weighted by Gasteiger charge is 2.32. The molecule has 2 fully saturated rings. The van der Waals surface area contributed by atoms with Gasteiger partial charge in [0.15, 0.2) is 0 Å². The van der Waals surface area contributed by atoms with Crippen LogP contribution in [0.2, 0.25) is 0 Å². The van der Waals surface area contributed by atoms with E-state index in [4.69, 9.17) is 0 Å². The van der Waals surface area contributed by atoms with Gasteiger partial charge >= 0.3 is 0 Å². The molecule has 0 unspecified atom stereocenters. The highest BCUT2D eigenvalue weighted by Crippen LogP contribution is 2.23. The third kappa shape index (κ3) is 3.86. The molecule has 0 radical (unpaired) electrons. The molecule has 6 heteroatoms. The Bertz CT molecular complexity index is 665. The van der Waals surface area contributed by atoms with Gasteiger partial charge in [-0.25, -0.2) is 8.42 Å². The number of anilines is 1. The molecule has 0 aliphatic carbocycles. The Morgan fingerprint density at radius 3 is 2.35 bits per heavy atom. The van der Waals surface area contributed by atoms with Gasteiger partial charge in [0.25, 0.3) is 0 Å². The molecule has 1 aromatic rings. The Hall–Kier alpha value is -1.56. The van der Waals surface area contributed by atoms with Gasteiger partial charge in [-0.2, -0.15) is 0 Å². The zero-order valence-electron chi connectivity index (χ0n) is 13.6. The van der Waals surface area contributed by atoms with Crippen LogP contribution in [0.25, 0.3) is 0 Å². The molecular weight excluding hydrogens is 312 g/mol. The molecule has 0 spiro atoms. The Morgan fingerprint density at radius 1 is 1.09 bits per heavy atom. The largest absolute Gasteiger partial charge is 0.368 e. The third-order valence-electron chi connectivity index (χ3n) is 4.86. The monoisotopic (exact) mass is 336 g/mol. The summed E-state index contributed by atoms with van der Waals surface area (Å²) < 4.78 is 23.0. The number of hydrogen-bond donors (Lipinski definition) is 0. The highest BCUT2D eigenvalue weighted by molar-refractivity contribution is 7.91. The van der Waals surface area contributed by atoms with Crippen LogP contribution in [0.15, 0.2) is 24.3 Å². The molecule has 0 bridgehead atoms. The van der Waals surface area contributed by atoms with Gasteiger partial charge < -0.3 is 9.80 Å². The molecule has 2 aliphatic rings. The van der Waals surface area contributed by atoms with Gasteiger partial charge in [-0.05, 0) is 37.5 Å². The number of rotatable bonds is 2. The van der Waals surface area contributed by atoms with Gasteiger partial charge in [0.1, 0.15) is 9.84 Å². The summed E-state index contributed by atoms with van der Waals surface area (Å²) in [5.74, 6) is 0.354. The number of carbonyl (C=O) groups excluding carboxylic acids is 1. The molecule has 3 rings (SSSR count). The zero-order chi connectivity index (χ0) is 16.4. The fourth-order valence-electron chi connectivity index (χ4n) is 3.40. The van der Waals surface area contributed by atoms with E-state index in [-0.39, 0.29) is 23.3 Å². The number of carbonyl (C=O) groups is 1. The standard InChI is InChI=1S/C17H24N2O3S/c1-14-3-2-4-16(13-14)18-7-9-19(10-8-18)17(20)15-5-11-23(21,22)12-6-15/h2-4,13,15H,5-12H2,1H3. The number of benzene rings is 1.